The summed E-state index contributed by atoms with van der Waals surface area (Å²) < 4.78 is 26.1. The molecule has 2 amide bonds. The quantitative estimate of drug-likeness (QED) is 0.715. The Morgan fingerprint density at radius 3 is 2.42 bits per heavy atom. The van der Waals surface area contributed by atoms with Crippen LogP contribution in [0.15, 0.2) is 48.5 Å². The Labute approximate surface area is 138 Å². The molecule has 7 heteroatoms. The lowest BCUT2D eigenvalue weighted by molar-refractivity contribution is -0.682. The monoisotopic (exact) mass is 334 g/mol. The Balaban J connectivity index is 1.78. The van der Waals surface area contributed by atoms with Crippen LogP contribution in [0.25, 0.3) is 0 Å². The molecule has 1 atom stereocenters. The first-order chi connectivity index (χ1) is 11.5. The van der Waals surface area contributed by atoms with Crippen molar-refractivity contribution in [3.63, 3.8) is 0 Å². The average Bonchev–Trinajstić information content (AvgIpc) is 2.60. The van der Waals surface area contributed by atoms with E-state index in [9.17, 15) is 18.4 Å². The van der Waals surface area contributed by atoms with Crippen molar-refractivity contribution in [2.75, 3.05) is 6.54 Å². The van der Waals surface area contributed by atoms with Crippen LogP contribution in [0.2, 0.25) is 0 Å². The van der Waals surface area contributed by atoms with Crippen molar-refractivity contribution in [1.82, 2.24) is 10.9 Å². The second-order valence-electron chi connectivity index (χ2n) is 5.27. The topological polar surface area (TPSA) is 74.8 Å². The zero-order valence-corrected chi connectivity index (χ0v) is 13.1. The van der Waals surface area contributed by atoms with E-state index in [1.54, 1.807) is 42.6 Å². The number of nitrogens with one attached hydrogen (secondary N) is 2. The van der Waals surface area contributed by atoms with Gasteiger partial charge < -0.3 is 5.32 Å². The molecule has 5 nitrogen and oxygen atoms in total. The molecule has 0 aliphatic rings. The zero-order chi connectivity index (χ0) is 17.5. The van der Waals surface area contributed by atoms with Crippen molar-refractivity contribution in [3.8, 4) is 0 Å². The summed E-state index contributed by atoms with van der Waals surface area (Å²) in [5, 5.41) is 1.65. The first-order valence-electron chi connectivity index (χ1n) is 7.40. The van der Waals surface area contributed by atoms with Crippen LogP contribution in [0, 0.1) is 11.6 Å². The molecule has 4 N–H and O–H groups in total. The molecule has 0 heterocycles. The molecule has 2 rings (SSSR count). The molecule has 0 bridgehead atoms. The molecule has 0 saturated carbocycles. The molecule has 24 heavy (non-hydrogen) atoms. The summed E-state index contributed by atoms with van der Waals surface area (Å²) in [6, 6.07) is 11.8. The summed E-state index contributed by atoms with van der Waals surface area (Å²) in [5.41, 5.74) is 5.61. The number of carbonyl (C=O) groups is 2. The minimum atomic E-state index is -0.924. The minimum absolute atomic E-state index is 0.0230. The lowest BCUT2D eigenvalue weighted by Crippen LogP contribution is -2.87. The van der Waals surface area contributed by atoms with Crippen LogP contribution >= 0.6 is 0 Å². The first-order valence-corrected chi connectivity index (χ1v) is 7.40. The summed E-state index contributed by atoms with van der Waals surface area (Å²) in [6.07, 6.45) is 0. The predicted octanol–water partition coefficient (Wildman–Crippen LogP) is 1.05. The molecule has 2 aromatic carbocycles. The van der Waals surface area contributed by atoms with Crippen LogP contribution < -0.4 is 16.2 Å². The van der Waals surface area contributed by atoms with Crippen LogP contribution in [0.5, 0.6) is 0 Å². The maximum absolute atomic E-state index is 13.2. The smallest absolute Gasteiger partial charge is 0.293 e. The highest BCUT2D eigenvalue weighted by atomic mass is 19.2. The molecule has 0 unspecified atom stereocenters. The molecular weight excluding hydrogens is 316 g/mol. The standard InChI is InChI=1S/C17H17F2N3O2/c1-11(13-7-8-14(18)15(19)9-13)20-10-16(23)21-22-17(24)12-5-3-2-4-6-12/h2-9,11,20H,10H2,1H3,(H,21,23)(H,22,24)/p+1/t11-/m0/s1. The van der Waals surface area contributed by atoms with E-state index in [-0.39, 0.29) is 12.6 Å². The first kappa shape index (κ1) is 17.6. The van der Waals surface area contributed by atoms with Crippen LogP contribution in [-0.2, 0) is 4.79 Å². The summed E-state index contributed by atoms with van der Waals surface area (Å²) in [4.78, 5) is 23.5. The van der Waals surface area contributed by atoms with E-state index in [0.717, 1.165) is 12.1 Å². The molecular formula is C17H18F2N3O2+. The fourth-order valence-electron chi connectivity index (χ4n) is 2.05. The Bertz CT molecular complexity index is 723. The third-order valence-electron chi connectivity index (χ3n) is 3.48. The number of hydrazine groups is 1. The van der Waals surface area contributed by atoms with Crippen molar-refractivity contribution in [1.29, 1.82) is 0 Å². The van der Waals surface area contributed by atoms with Gasteiger partial charge in [0.2, 0.25) is 0 Å². The molecule has 0 radical (unpaired) electrons. The minimum Gasteiger partial charge on any atom is -0.332 e. The highest BCUT2D eigenvalue weighted by Gasteiger charge is 2.14. The van der Waals surface area contributed by atoms with Crippen molar-refractivity contribution in [2.45, 2.75) is 13.0 Å². The second-order valence-corrected chi connectivity index (χ2v) is 5.27. The number of carbonyl (C=O) groups excluding carboxylic acids is 2. The normalized spacial score (nSPS) is 11.6. The lowest BCUT2D eigenvalue weighted by Gasteiger charge is -2.12. The van der Waals surface area contributed by atoms with E-state index in [0.29, 0.717) is 11.1 Å². The Morgan fingerprint density at radius 2 is 1.75 bits per heavy atom. The second kappa shape index (κ2) is 8.16. The number of hydrogen-bond acceptors (Lipinski definition) is 2. The summed E-state index contributed by atoms with van der Waals surface area (Å²) in [5.74, 6) is -2.66. The van der Waals surface area contributed by atoms with Crippen molar-refractivity contribution in [2.24, 2.45) is 0 Å². The highest BCUT2D eigenvalue weighted by Crippen LogP contribution is 2.12. The molecule has 0 aromatic heterocycles. The molecule has 0 saturated heterocycles. The third kappa shape index (κ3) is 4.85. The number of hydrogen-bond donors (Lipinski definition) is 3. The largest absolute Gasteiger partial charge is 0.332 e. The van der Waals surface area contributed by atoms with Gasteiger partial charge >= 0.3 is 0 Å². The van der Waals surface area contributed by atoms with Crippen LogP contribution in [0.3, 0.4) is 0 Å². The Hall–Kier alpha value is -2.80. The van der Waals surface area contributed by atoms with Gasteiger partial charge in [-0.3, -0.25) is 20.4 Å². The molecule has 0 aliphatic carbocycles. The van der Waals surface area contributed by atoms with Gasteiger partial charge in [-0.05, 0) is 37.3 Å². The molecule has 0 fully saturated rings. The fourth-order valence-corrected chi connectivity index (χ4v) is 2.05. The summed E-state index contributed by atoms with van der Waals surface area (Å²) >= 11 is 0. The van der Waals surface area contributed by atoms with E-state index < -0.39 is 23.4 Å². The van der Waals surface area contributed by atoms with Gasteiger partial charge in [0.25, 0.3) is 11.8 Å². The van der Waals surface area contributed by atoms with Crippen LogP contribution in [-0.4, -0.2) is 18.4 Å². The summed E-state index contributed by atoms with van der Waals surface area (Å²) in [6.45, 7) is 1.79. The number of halogens is 2. The number of quaternary nitrogens is 1. The van der Waals surface area contributed by atoms with Gasteiger partial charge in [-0.1, -0.05) is 18.2 Å². The van der Waals surface area contributed by atoms with Gasteiger partial charge in [-0.2, -0.15) is 0 Å². The van der Waals surface area contributed by atoms with Gasteiger partial charge in [-0.25, -0.2) is 8.78 Å². The van der Waals surface area contributed by atoms with Crippen LogP contribution in [0.4, 0.5) is 8.78 Å². The van der Waals surface area contributed by atoms with Gasteiger partial charge in [0.15, 0.2) is 18.2 Å². The maximum atomic E-state index is 13.2. The average molecular weight is 334 g/mol. The Morgan fingerprint density at radius 1 is 1.04 bits per heavy atom. The highest BCUT2D eigenvalue weighted by molar-refractivity contribution is 5.95. The molecule has 0 aliphatic heterocycles. The van der Waals surface area contributed by atoms with Gasteiger partial charge in [-0.15, -0.1) is 0 Å². The maximum Gasteiger partial charge on any atom is 0.293 e. The number of amides is 2. The van der Waals surface area contributed by atoms with E-state index in [2.05, 4.69) is 10.9 Å². The third-order valence-corrected chi connectivity index (χ3v) is 3.48. The molecule has 2 aromatic rings. The molecule has 0 spiro atoms. The SMILES string of the molecule is C[C@H]([NH2+]CC(=O)NNC(=O)c1ccccc1)c1ccc(F)c(F)c1. The Kier molecular flexibility index (Phi) is 5.97. The van der Waals surface area contributed by atoms with E-state index >= 15 is 0 Å². The van der Waals surface area contributed by atoms with Gasteiger partial charge in [0.05, 0.1) is 0 Å². The predicted molar refractivity (Wildman–Crippen MR) is 83.6 cm³/mol. The van der Waals surface area contributed by atoms with Crippen LogP contribution in [0.1, 0.15) is 28.9 Å². The fraction of sp³-hybridized carbons (Fsp3) is 0.176. The number of benzene rings is 2. The summed E-state index contributed by atoms with van der Waals surface area (Å²) in [7, 11) is 0. The lowest BCUT2D eigenvalue weighted by atomic mass is 10.1. The number of nitrogens with two attached hydrogens (primary N) is 1. The van der Waals surface area contributed by atoms with E-state index in [1.165, 1.54) is 6.07 Å². The zero-order valence-electron chi connectivity index (χ0n) is 13.1. The number of rotatable bonds is 5. The van der Waals surface area contributed by atoms with Gasteiger partial charge in [0, 0.05) is 11.1 Å². The van der Waals surface area contributed by atoms with Crippen molar-refractivity contribution < 1.29 is 23.7 Å². The van der Waals surface area contributed by atoms with E-state index in [4.69, 9.17) is 0 Å². The van der Waals surface area contributed by atoms with Gasteiger partial charge in [0.1, 0.15) is 6.04 Å². The van der Waals surface area contributed by atoms with Crippen molar-refractivity contribution >= 4 is 11.8 Å². The van der Waals surface area contributed by atoms with Crippen molar-refractivity contribution in [3.05, 3.63) is 71.3 Å². The van der Waals surface area contributed by atoms with E-state index in [1.807, 2.05) is 0 Å². The molecule has 126 valence electrons.